The Morgan fingerprint density at radius 2 is 1.93 bits per heavy atom. The molecule has 1 aromatic carbocycles. The van der Waals surface area contributed by atoms with Crippen LogP contribution in [0, 0.1) is 6.92 Å². The summed E-state index contributed by atoms with van der Waals surface area (Å²) in [7, 11) is 1.97. The van der Waals surface area contributed by atoms with Crippen LogP contribution < -0.4 is 11.1 Å². The molecular formula is C12H20N2. The number of hydrogen-bond acceptors (Lipinski definition) is 2. The van der Waals surface area contributed by atoms with Gasteiger partial charge in [0.25, 0.3) is 0 Å². The smallest absolute Gasteiger partial charge is 0.0295 e. The van der Waals surface area contributed by atoms with E-state index >= 15 is 0 Å². The maximum absolute atomic E-state index is 6.06. The Bertz CT molecular complexity index is 254. The SMILES string of the molecule is CNCCCC(N)c1ccc(C)cc1. The Balaban J connectivity index is 2.43. The van der Waals surface area contributed by atoms with E-state index < -0.39 is 0 Å². The Hall–Kier alpha value is -0.860. The highest BCUT2D eigenvalue weighted by atomic mass is 14.8. The first-order valence-corrected chi connectivity index (χ1v) is 5.21. The molecule has 0 fully saturated rings. The summed E-state index contributed by atoms with van der Waals surface area (Å²) < 4.78 is 0. The van der Waals surface area contributed by atoms with E-state index in [9.17, 15) is 0 Å². The average Bonchev–Trinajstić information content (AvgIpc) is 2.19. The highest BCUT2D eigenvalue weighted by Gasteiger charge is 2.04. The Labute approximate surface area is 86.5 Å². The van der Waals surface area contributed by atoms with Gasteiger partial charge in [-0.25, -0.2) is 0 Å². The molecule has 0 aromatic heterocycles. The van der Waals surface area contributed by atoms with E-state index in [4.69, 9.17) is 5.73 Å². The summed E-state index contributed by atoms with van der Waals surface area (Å²) in [4.78, 5) is 0. The summed E-state index contributed by atoms with van der Waals surface area (Å²) in [5.41, 5.74) is 8.59. The second-order valence-corrected chi connectivity index (χ2v) is 3.76. The molecule has 0 radical (unpaired) electrons. The highest BCUT2D eigenvalue weighted by Crippen LogP contribution is 2.15. The first-order valence-electron chi connectivity index (χ1n) is 5.21. The molecule has 1 unspecified atom stereocenters. The standard InChI is InChI=1S/C12H20N2/c1-10-5-7-11(8-6-10)12(13)4-3-9-14-2/h5-8,12,14H,3-4,9,13H2,1-2H3. The molecule has 1 rings (SSSR count). The van der Waals surface area contributed by atoms with Gasteiger partial charge in [0.15, 0.2) is 0 Å². The van der Waals surface area contributed by atoms with Gasteiger partial charge in [0.1, 0.15) is 0 Å². The topological polar surface area (TPSA) is 38.0 Å². The maximum Gasteiger partial charge on any atom is 0.0295 e. The van der Waals surface area contributed by atoms with Gasteiger partial charge in [0.05, 0.1) is 0 Å². The zero-order valence-electron chi connectivity index (χ0n) is 9.09. The molecule has 3 N–H and O–H groups in total. The van der Waals surface area contributed by atoms with Crippen LogP contribution >= 0.6 is 0 Å². The van der Waals surface area contributed by atoms with Crippen molar-refractivity contribution in [3.8, 4) is 0 Å². The summed E-state index contributed by atoms with van der Waals surface area (Å²) >= 11 is 0. The number of rotatable bonds is 5. The third kappa shape index (κ3) is 3.48. The van der Waals surface area contributed by atoms with Gasteiger partial charge in [-0.05, 0) is 38.9 Å². The van der Waals surface area contributed by atoms with Gasteiger partial charge in [0, 0.05) is 6.04 Å². The van der Waals surface area contributed by atoms with Gasteiger partial charge < -0.3 is 11.1 Å². The molecule has 2 heteroatoms. The predicted octanol–water partition coefficient (Wildman–Crippen LogP) is 1.99. The number of benzene rings is 1. The van der Waals surface area contributed by atoms with Crippen molar-refractivity contribution in [2.45, 2.75) is 25.8 Å². The molecule has 0 bridgehead atoms. The molecule has 1 aromatic rings. The molecule has 78 valence electrons. The molecule has 0 saturated carbocycles. The third-order valence-electron chi connectivity index (χ3n) is 2.45. The molecule has 0 saturated heterocycles. The monoisotopic (exact) mass is 192 g/mol. The minimum atomic E-state index is 0.184. The Kier molecular flexibility index (Phi) is 4.63. The molecule has 0 amide bonds. The molecular weight excluding hydrogens is 172 g/mol. The number of nitrogens with two attached hydrogens (primary N) is 1. The average molecular weight is 192 g/mol. The molecule has 1 atom stereocenters. The first-order chi connectivity index (χ1) is 6.74. The molecule has 0 heterocycles. The molecule has 2 nitrogen and oxygen atoms in total. The summed E-state index contributed by atoms with van der Waals surface area (Å²) in [6.45, 7) is 3.13. The quantitative estimate of drug-likeness (QED) is 0.700. The maximum atomic E-state index is 6.06. The van der Waals surface area contributed by atoms with Crippen LogP contribution in [0.3, 0.4) is 0 Å². The molecule has 14 heavy (non-hydrogen) atoms. The van der Waals surface area contributed by atoms with E-state index in [2.05, 4.69) is 36.5 Å². The summed E-state index contributed by atoms with van der Waals surface area (Å²) in [5.74, 6) is 0. The molecule has 0 spiro atoms. The Morgan fingerprint density at radius 1 is 1.29 bits per heavy atom. The van der Waals surface area contributed by atoms with Crippen LogP contribution in [0.25, 0.3) is 0 Å². The van der Waals surface area contributed by atoms with E-state index in [1.807, 2.05) is 7.05 Å². The lowest BCUT2D eigenvalue weighted by molar-refractivity contribution is 0.590. The van der Waals surface area contributed by atoms with Crippen LogP contribution in [0.2, 0.25) is 0 Å². The second-order valence-electron chi connectivity index (χ2n) is 3.76. The van der Waals surface area contributed by atoms with Crippen molar-refractivity contribution in [2.75, 3.05) is 13.6 Å². The fourth-order valence-electron chi connectivity index (χ4n) is 1.48. The minimum Gasteiger partial charge on any atom is -0.324 e. The van der Waals surface area contributed by atoms with Crippen LogP contribution in [0.1, 0.15) is 30.0 Å². The van der Waals surface area contributed by atoms with Crippen LogP contribution in [-0.2, 0) is 0 Å². The van der Waals surface area contributed by atoms with Gasteiger partial charge in [-0.1, -0.05) is 29.8 Å². The predicted molar refractivity (Wildman–Crippen MR) is 61.3 cm³/mol. The fraction of sp³-hybridized carbons (Fsp3) is 0.500. The van der Waals surface area contributed by atoms with Crippen LogP contribution in [0.15, 0.2) is 24.3 Å². The van der Waals surface area contributed by atoms with Crippen molar-refractivity contribution in [3.63, 3.8) is 0 Å². The van der Waals surface area contributed by atoms with Gasteiger partial charge in [-0.3, -0.25) is 0 Å². The van der Waals surface area contributed by atoms with Crippen molar-refractivity contribution in [3.05, 3.63) is 35.4 Å². The fourth-order valence-corrected chi connectivity index (χ4v) is 1.48. The van der Waals surface area contributed by atoms with E-state index in [0.29, 0.717) is 0 Å². The van der Waals surface area contributed by atoms with Crippen molar-refractivity contribution in [2.24, 2.45) is 5.73 Å². The number of hydrogen-bond donors (Lipinski definition) is 2. The largest absolute Gasteiger partial charge is 0.324 e. The molecule has 0 aliphatic rings. The van der Waals surface area contributed by atoms with Crippen LogP contribution in [0.5, 0.6) is 0 Å². The molecule has 0 aliphatic carbocycles. The lowest BCUT2D eigenvalue weighted by Gasteiger charge is -2.11. The van der Waals surface area contributed by atoms with E-state index in [1.54, 1.807) is 0 Å². The number of nitrogens with one attached hydrogen (secondary N) is 1. The highest BCUT2D eigenvalue weighted by molar-refractivity contribution is 5.23. The van der Waals surface area contributed by atoms with Crippen molar-refractivity contribution < 1.29 is 0 Å². The Morgan fingerprint density at radius 3 is 2.50 bits per heavy atom. The van der Waals surface area contributed by atoms with Crippen LogP contribution in [0.4, 0.5) is 0 Å². The second kappa shape index (κ2) is 5.78. The van der Waals surface area contributed by atoms with Gasteiger partial charge >= 0.3 is 0 Å². The van der Waals surface area contributed by atoms with Gasteiger partial charge in [0.2, 0.25) is 0 Å². The summed E-state index contributed by atoms with van der Waals surface area (Å²) in [6, 6.07) is 8.67. The van der Waals surface area contributed by atoms with Gasteiger partial charge in [-0.2, -0.15) is 0 Å². The summed E-state index contributed by atoms with van der Waals surface area (Å²) in [5, 5.41) is 3.13. The minimum absolute atomic E-state index is 0.184. The van der Waals surface area contributed by atoms with E-state index in [0.717, 1.165) is 19.4 Å². The third-order valence-corrected chi connectivity index (χ3v) is 2.45. The van der Waals surface area contributed by atoms with Gasteiger partial charge in [-0.15, -0.1) is 0 Å². The van der Waals surface area contributed by atoms with E-state index in [1.165, 1.54) is 11.1 Å². The first kappa shape index (κ1) is 11.2. The van der Waals surface area contributed by atoms with Crippen molar-refractivity contribution in [1.82, 2.24) is 5.32 Å². The van der Waals surface area contributed by atoms with E-state index in [-0.39, 0.29) is 6.04 Å². The zero-order valence-corrected chi connectivity index (χ0v) is 9.09. The normalized spacial score (nSPS) is 12.8. The van der Waals surface area contributed by atoms with Crippen molar-refractivity contribution >= 4 is 0 Å². The van der Waals surface area contributed by atoms with Crippen molar-refractivity contribution in [1.29, 1.82) is 0 Å². The lowest BCUT2D eigenvalue weighted by Crippen LogP contribution is -2.14. The lowest BCUT2D eigenvalue weighted by atomic mass is 10.0. The molecule has 0 aliphatic heterocycles. The zero-order chi connectivity index (χ0) is 10.4. The van der Waals surface area contributed by atoms with Crippen LogP contribution in [-0.4, -0.2) is 13.6 Å². The number of aryl methyl sites for hydroxylation is 1. The summed E-state index contributed by atoms with van der Waals surface area (Å²) in [6.07, 6.45) is 2.18.